The topological polar surface area (TPSA) is 69.7 Å². The van der Waals surface area contributed by atoms with Gasteiger partial charge in [0.05, 0.1) is 26.5 Å². The lowest BCUT2D eigenvalue weighted by molar-refractivity contribution is 0.394. The van der Waals surface area contributed by atoms with Crippen LogP contribution in [-0.2, 0) is 0 Å². The van der Waals surface area contributed by atoms with Crippen molar-refractivity contribution in [3.8, 4) is 11.5 Å². The molecule has 0 bridgehead atoms. The summed E-state index contributed by atoms with van der Waals surface area (Å²) in [5.74, 6) is 7.99. The van der Waals surface area contributed by atoms with Crippen molar-refractivity contribution in [3.63, 3.8) is 0 Å². The number of ether oxygens (including phenoxy) is 2. The maximum atomic E-state index is 5.67. The van der Waals surface area contributed by atoms with E-state index in [1.54, 1.807) is 20.5 Å². The summed E-state index contributed by atoms with van der Waals surface area (Å²) < 4.78 is 15.9. The van der Waals surface area contributed by atoms with Crippen molar-refractivity contribution in [2.24, 2.45) is 5.84 Å². The van der Waals surface area contributed by atoms with Crippen molar-refractivity contribution >= 4 is 0 Å². The molecule has 1 atom stereocenters. The summed E-state index contributed by atoms with van der Waals surface area (Å²) >= 11 is 0. The lowest BCUT2D eigenvalue weighted by atomic mass is 10.00. The summed E-state index contributed by atoms with van der Waals surface area (Å²) in [4.78, 5) is 0. The van der Waals surface area contributed by atoms with E-state index in [2.05, 4.69) is 5.43 Å². The fraction of sp³-hybridized carbons (Fsp3) is 0.286. The zero-order valence-electron chi connectivity index (χ0n) is 11.3. The average Bonchev–Trinajstić information content (AvgIpc) is 2.86. The Morgan fingerprint density at radius 1 is 1.21 bits per heavy atom. The Labute approximate surface area is 112 Å². The van der Waals surface area contributed by atoms with Gasteiger partial charge < -0.3 is 13.9 Å². The minimum atomic E-state index is -0.220. The van der Waals surface area contributed by atoms with Crippen LogP contribution >= 0.6 is 0 Å². The standard InChI is InChI=1S/C14H18N2O3/c1-9-6-10(8-19-9)14(16-15)12-7-11(17-2)4-5-13(12)18-3/h4-8,14,16H,15H2,1-3H3. The van der Waals surface area contributed by atoms with Gasteiger partial charge in [0, 0.05) is 11.1 Å². The molecule has 1 aromatic carbocycles. The van der Waals surface area contributed by atoms with Crippen LogP contribution in [-0.4, -0.2) is 14.2 Å². The minimum absolute atomic E-state index is 0.220. The number of aryl methyl sites for hydroxylation is 1. The van der Waals surface area contributed by atoms with Crippen molar-refractivity contribution in [2.45, 2.75) is 13.0 Å². The first-order valence-electron chi connectivity index (χ1n) is 5.92. The number of methoxy groups -OCH3 is 2. The van der Waals surface area contributed by atoms with Gasteiger partial charge in [-0.2, -0.15) is 0 Å². The molecule has 0 spiro atoms. The van der Waals surface area contributed by atoms with Gasteiger partial charge in [-0.05, 0) is 31.2 Å². The van der Waals surface area contributed by atoms with Gasteiger partial charge in [-0.15, -0.1) is 0 Å². The maximum Gasteiger partial charge on any atom is 0.124 e. The molecule has 102 valence electrons. The Morgan fingerprint density at radius 3 is 2.53 bits per heavy atom. The van der Waals surface area contributed by atoms with E-state index in [0.29, 0.717) is 0 Å². The first kappa shape index (κ1) is 13.5. The lowest BCUT2D eigenvalue weighted by Gasteiger charge is -2.18. The van der Waals surface area contributed by atoms with E-state index >= 15 is 0 Å². The van der Waals surface area contributed by atoms with E-state index < -0.39 is 0 Å². The van der Waals surface area contributed by atoms with Crippen LogP contribution in [0.15, 0.2) is 34.9 Å². The number of furan rings is 1. The summed E-state index contributed by atoms with van der Waals surface area (Å²) in [6, 6.07) is 7.31. The van der Waals surface area contributed by atoms with Crippen molar-refractivity contribution in [1.82, 2.24) is 5.43 Å². The fourth-order valence-corrected chi connectivity index (χ4v) is 2.05. The number of benzene rings is 1. The highest BCUT2D eigenvalue weighted by Gasteiger charge is 2.19. The Bertz CT molecular complexity index is 551. The highest BCUT2D eigenvalue weighted by atomic mass is 16.5. The predicted octanol–water partition coefficient (Wildman–Crippen LogP) is 2.16. The highest BCUT2D eigenvalue weighted by molar-refractivity contribution is 5.45. The molecule has 0 aliphatic carbocycles. The van der Waals surface area contributed by atoms with E-state index in [-0.39, 0.29) is 6.04 Å². The molecule has 5 heteroatoms. The van der Waals surface area contributed by atoms with Gasteiger partial charge in [0.2, 0.25) is 0 Å². The second-order valence-corrected chi connectivity index (χ2v) is 4.20. The Balaban J connectivity index is 2.47. The van der Waals surface area contributed by atoms with Gasteiger partial charge in [0.1, 0.15) is 17.3 Å². The molecule has 0 aliphatic heterocycles. The third-order valence-corrected chi connectivity index (χ3v) is 3.00. The van der Waals surface area contributed by atoms with Gasteiger partial charge in [-0.3, -0.25) is 5.84 Å². The smallest absolute Gasteiger partial charge is 0.124 e. The molecule has 3 N–H and O–H groups in total. The van der Waals surface area contributed by atoms with Gasteiger partial charge in [-0.25, -0.2) is 5.43 Å². The zero-order valence-corrected chi connectivity index (χ0v) is 11.3. The molecule has 0 saturated heterocycles. The summed E-state index contributed by atoms with van der Waals surface area (Å²) in [5.41, 5.74) is 4.61. The number of nitrogens with two attached hydrogens (primary N) is 1. The normalized spacial score (nSPS) is 12.2. The number of nitrogens with one attached hydrogen (secondary N) is 1. The van der Waals surface area contributed by atoms with Crippen LogP contribution in [0.4, 0.5) is 0 Å². The molecule has 1 aromatic heterocycles. The van der Waals surface area contributed by atoms with E-state index in [4.69, 9.17) is 19.7 Å². The Morgan fingerprint density at radius 2 is 2.00 bits per heavy atom. The van der Waals surface area contributed by atoms with Crippen LogP contribution in [0, 0.1) is 6.92 Å². The van der Waals surface area contributed by atoms with Crippen molar-refractivity contribution in [3.05, 3.63) is 47.4 Å². The molecule has 2 aromatic rings. The largest absolute Gasteiger partial charge is 0.497 e. The third-order valence-electron chi connectivity index (χ3n) is 3.00. The van der Waals surface area contributed by atoms with E-state index in [1.807, 2.05) is 31.2 Å². The minimum Gasteiger partial charge on any atom is -0.497 e. The molecule has 0 aliphatic rings. The lowest BCUT2D eigenvalue weighted by Crippen LogP contribution is -2.28. The molecule has 5 nitrogen and oxygen atoms in total. The van der Waals surface area contributed by atoms with Crippen LogP contribution < -0.4 is 20.7 Å². The zero-order chi connectivity index (χ0) is 13.8. The average molecular weight is 262 g/mol. The monoisotopic (exact) mass is 262 g/mol. The predicted molar refractivity (Wildman–Crippen MR) is 72.2 cm³/mol. The SMILES string of the molecule is COc1ccc(OC)c(C(NN)c2coc(C)c2)c1. The quantitative estimate of drug-likeness (QED) is 0.638. The molecule has 0 fully saturated rings. The van der Waals surface area contributed by atoms with Crippen molar-refractivity contribution < 1.29 is 13.9 Å². The van der Waals surface area contributed by atoms with Crippen molar-refractivity contribution in [2.75, 3.05) is 14.2 Å². The second-order valence-electron chi connectivity index (χ2n) is 4.20. The molecule has 1 heterocycles. The van der Waals surface area contributed by atoms with Crippen LogP contribution in [0.2, 0.25) is 0 Å². The first-order chi connectivity index (χ1) is 9.19. The van der Waals surface area contributed by atoms with Gasteiger partial charge in [-0.1, -0.05) is 0 Å². The first-order valence-corrected chi connectivity index (χ1v) is 5.92. The van der Waals surface area contributed by atoms with Crippen LogP contribution in [0.5, 0.6) is 11.5 Å². The molecule has 0 radical (unpaired) electrons. The molecule has 0 saturated carbocycles. The number of hydrogen-bond acceptors (Lipinski definition) is 5. The summed E-state index contributed by atoms with van der Waals surface area (Å²) in [6.45, 7) is 1.89. The Kier molecular flexibility index (Phi) is 4.09. The second kappa shape index (κ2) is 5.77. The molecule has 0 amide bonds. The number of hydrazine groups is 1. The van der Waals surface area contributed by atoms with Crippen molar-refractivity contribution in [1.29, 1.82) is 0 Å². The van der Waals surface area contributed by atoms with E-state index in [0.717, 1.165) is 28.4 Å². The summed E-state index contributed by atoms with van der Waals surface area (Å²) in [6.07, 6.45) is 1.68. The molecular weight excluding hydrogens is 244 g/mol. The molecular formula is C14H18N2O3. The maximum absolute atomic E-state index is 5.67. The summed E-state index contributed by atoms with van der Waals surface area (Å²) in [5, 5.41) is 0. The molecule has 19 heavy (non-hydrogen) atoms. The third kappa shape index (κ3) is 2.72. The van der Waals surface area contributed by atoms with Gasteiger partial charge in [0.25, 0.3) is 0 Å². The van der Waals surface area contributed by atoms with Gasteiger partial charge in [0.15, 0.2) is 0 Å². The number of rotatable bonds is 5. The van der Waals surface area contributed by atoms with Crippen LogP contribution in [0.3, 0.4) is 0 Å². The van der Waals surface area contributed by atoms with Gasteiger partial charge >= 0.3 is 0 Å². The Hall–Kier alpha value is -1.98. The highest BCUT2D eigenvalue weighted by Crippen LogP contribution is 2.33. The molecule has 2 rings (SSSR count). The summed E-state index contributed by atoms with van der Waals surface area (Å²) in [7, 11) is 3.25. The number of hydrogen-bond donors (Lipinski definition) is 2. The fourth-order valence-electron chi connectivity index (χ4n) is 2.05. The van der Waals surface area contributed by atoms with Crippen LogP contribution in [0.25, 0.3) is 0 Å². The van der Waals surface area contributed by atoms with Crippen LogP contribution in [0.1, 0.15) is 22.9 Å². The van der Waals surface area contributed by atoms with E-state index in [9.17, 15) is 0 Å². The van der Waals surface area contributed by atoms with E-state index in [1.165, 1.54) is 0 Å². The molecule has 1 unspecified atom stereocenters.